The van der Waals surface area contributed by atoms with Gasteiger partial charge in [0.15, 0.2) is 0 Å². The number of aromatic hydroxyl groups is 1. The Kier molecular flexibility index (Phi) is 4.77. The maximum atomic E-state index is 12.2. The van der Waals surface area contributed by atoms with E-state index in [0.29, 0.717) is 10.7 Å². The van der Waals surface area contributed by atoms with Crippen molar-refractivity contribution < 1.29 is 5.11 Å². The summed E-state index contributed by atoms with van der Waals surface area (Å²) in [6.07, 6.45) is 0. The zero-order valence-corrected chi connectivity index (χ0v) is 12.9. The monoisotopic (exact) mass is 322 g/mol. The molecule has 7 nitrogen and oxygen atoms in total. The van der Waals surface area contributed by atoms with Gasteiger partial charge in [0.25, 0.3) is 5.56 Å². The minimum atomic E-state index is -0.680. The summed E-state index contributed by atoms with van der Waals surface area (Å²) >= 11 is 5.84. The van der Waals surface area contributed by atoms with Gasteiger partial charge in [-0.2, -0.15) is 5.11 Å². The van der Waals surface area contributed by atoms with Crippen LogP contribution in [-0.2, 0) is 13.1 Å². The van der Waals surface area contributed by atoms with E-state index in [1.807, 2.05) is 0 Å². The molecule has 0 spiro atoms. The Balaban J connectivity index is 2.60. The van der Waals surface area contributed by atoms with Gasteiger partial charge in [0.1, 0.15) is 0 Å². The molecule has 1 aromatic carbocycles. The summed E-state index contributed by atoms with van der Waals surface area (Å²) in [6, 6.07) is 6.59. The molecule has 0 aliphatic carbocycles. The molecule has 0 atom stereocenters. The molecule has 2 rings (SSSR count). The van der Waals surface area contributed by atoms with Crippen molar-refractivity contribution in [1.29, 1.82) is 0 Å². The van der Waals surface area contributed by atoms with Gasteiger partial charge in [-0.1, -0.05) is 17.7 Å². The van der Waals surface area contributed by atoms with Crippen LogP contribution in [0.2, 0.25) is 5.02 Å². The van der Waals surface area contributed by atoms with E-state index in [0.717, 1.165) is 9.13 Å². The van der Waals surface area contributed by atoms with E-state index in [2.05, 4.69) is 10.2 Å². The number of halogens is 1. The molecule has 0 aliphatic rings. The zero-order valence-electron chi connectivity index (χ0n) is 12.2. The third kappa shape index (κ3) is 2.94. The molecule has 0 fully saturated rings. The topological polar surface area (TPSA) is 88.9 Å². The summed E-state index contributed by atoms with van der Waals surface area (Å²) in [7, 11) is 0. The number of nitrogens with zero attached hydrogens (tertiary/aromatic N) is 4. The van der Waals surface area contributed by atoms with Gasteiger partial charge in [-0.05, 0) is 32.0 Å². The number of azo groups is 1. The first-order valence-corrected chi connectivity index (χ1v) is 7.11. The summed E-state index contributed by atoms with van der Waals surface area (Å²) in [6.45, 7) is 3.74. The molecule has 1 aromatic heterocycles. The first-order valence-electron chi connectivity index (χ1n) is 6.73. The highest BCUT2D eigenvalue weighted by Gasteiger charge is 2.17. The Hall–Kier alpha value is -2.41. The smallest absolute Gasteiger partial charge is 0.333 e. The molecule has 116 valence electrons. The van der Waals surface area contributed by atoms with Crippen LogP contribution < -0.4 is 11.2 Å². The van der Waals surface area contributed by atoms with Gasteiger partial charge < -0.3 is 5.11 Å². The standard InChI is InChI=1S/C14H15ClN4O3/c1-3-18-12(20)11(13(21)19(4-2)14(18)22)17-16-10-7-5-6-9(15)8-10/h5-8,20H,3-4H2,1-2H3. The average molecular weight is 323 g/mol. The van der Waals surface area contributed by atoms with E-state index in [9.17, 15) is 14.7 Å². The summed E-state index contributed by atoms with van der Waals surface area (Å²) in [5.74, 6) is -0.493. The summed E-state index contributed by atoms with van der Waals surface area (Å²) in [5, 5.41) is 18.2. The summed E-state index contributed by atoms with van der Waals surface area (Å²) < 4.78 is 2.06. The van der Waals surface area contributed by atoms with Crippen LogP contribution in [0.5, 0.6) is 5.88 Å². The molecule has 0 bridgehead atoms. The lowest BCUT2D eigenvalue weighted by Gasteiger charge is -2.10. The molecule has 0 amide bonds. The Labute approximate surface area is 131 Å². The number of aromatic nitrogens is 2. The van der Waals surface area contributed by atoms with Gasteiger partial charge in [-0.25, -0.2) is 4.79 Å². The SMILES string of the molecule is CCn1c(O)c(N=Nc2cccc(Cl)c2)c(=O)n(CC)c1=O. The highest BCUT2D eigenvalue weighted by molar-refractivity contribution is 6.30. The van der Waals surface area contributed by atoms with Gasteiger partial charge in [-0.15, -0.1) is 5.11 Å². The van der Waals surface area contributed by atoms with E-state index in [1.165, 1.54) is 0 Å². The first kappa shape index (κ1) is 16.0. The van der Waals surface area contributed by atoms with Gasteiger partial charge >= 0.3 is 5.69 Å². The van der Waals surface area contributed by atoms with Gasteiger partial charge in [0.05, 0.1) is 5.69 Å². The molecule has 0 saturated carbocycles. The Morgan fingerprint density at radius 3 is 2.41 bits per heavy atom. The van der Waals surface area contributed by atoms with Crippen LogP contribution in [0.15, 0.2) is 44.1 Å². The molecule has 0 aliphatic heterocycles. The highest BCUT2D eigenvalue weighted by atomic mass is 35.5. The molecular weight excluding hydrogens is 308 g/mol. The molecule has 0 saturated heterocycles. The van der Waals surface area contributed by atoms with Crippen LogP contribution in [0.3, 0.4) is 0 Å². The van der Waals surface area contributed by atoms with Crippen molar-refractivity contribution in [3.63, 3.8) is 0 Å². The molecule has 1 heterocycles. The Morgan fingerprint density at radius 1 is 1.14 bits per heavy atom. The maximum Gasteiger partial charge on any atom is 0.333 e. The van der Waals surface area contributed by atoms with E-state index in [1.54, 1.807) is 38.1 Å². The minimum absolute atomic E-state index is 0.178. The number of rotatable bonds is 4. The maximum absolute atomic E-state index is 12.2. The molecule has 0 radical (unpaired) electrons. The van der Waals surface area contributed by atoms with Crippen molar-refractivity contribution in [2.24, 2.45) is 10.2 Å². The lowest BCUT2D eigenvalue weighted by molar-refractivity contribution is 0.397. The fourth-order valence-electron chi connectivity index (χ4n) is 1.97. The van der Waals surface area contributed by atoms with Crippen molar-refractivity contribution >= 4 is 23.0 Å². The van der Waals surface area contributed by atoms with E-state index < -0.39 is 17.1 Å². The predicted molar refractivity (Wildman–Crippen MR) is 83.6 cm³/mol. The fourth-order valence-corrected chi connectivity index (χ4v) is 2.16. The molecule has 8 heteroatoms. The highest BCUT2D eigenvalue weighted by Crippen LogP contribution is 2.24. The first-order chi connectivity index (χ1) is 10.5. The van der Waals surface area contributed by atoms with Gasteiger partial charge in [0, 0.05) is 18.1 Å². The average Bonchev–Trinajstić information content (AvgIpc) is 2.48. The van der Waals surface area contributed by atoms with Gasteiger partial charge in [0.2, 0.25) is 11.6 Å². The summed E-state index contributed by atoms with van der Waals surface area (Å²) in [5.41, 5.74) is -1.10. The quantitative estimate of drug-likeness (QED) is 0.878. The van der Waals surface area contributed by atoms with Crippen LogP contribution >= 0.6 is 11.6 Å². The Bertz CT molecular complexity index is 839. The third-order valence-electron chi connectivity index (χ3n) is 3.08. The molecule has 1 N–H and O–H groups in total. The molecule has 0 unspecified atom stereocenters. The Morgan fingerprint density at radius 2 is 1.82 bits per heavy atom. The van der Waals surface area contributed by atoms with Crippen LogP contribution in [0.25, 0.3) is 0 Å². The third-order valence-corrected chi connectivity index (χ3v) is 3.32. The van der Waals surface area contributed by atoms with E-state index in [4.69, 9.17) is 11.6 Å². The molecule has 22 heavy (non-hydrogen) atoms. The van der Waals surface area contributed by atoms with Crippen LogP contribution in [0, 0.1) is 0 Å². The second-order valence-electron chi connectivity index (χ2n) is 4.43. The number of hydrogen-bond donors (Lipinski definition) is 1. The number of benzene rings is 1. The van der Waals surface area contributed by atoms with Gasteiger partial charge in [-0.3, -0.25) is 13.9 Å². The summed E-state index contributed by atoms with van der Waals surface area (Å²) in [4.78, 5) is 24.2. The predicted octanol–water partition coefficient (Wildman–Crippen LogP) is 2.82. The van der Waals surface area contributed by atoms with Crippen molar-refractivity contribution in [3.8, 4) is 5.88 Å². The normalized spacial score (nSPS) is 11.2. The van der Waals surface area contributed by atoms with Crippen molar-refractivity contribution in [1.82, 2.24) is 9.13 Å². The van der Waals surface area contributed by atoms with Crippen LogP contribution in [0.1, 0.15) is 13.8 Å². The lowest BCUT2D eigenvalue weighted by Crippen LogP contribution is -2.38. The van der Waals surface area contributed by atoms with Crippen LogP contribution in [0.4, 0.5) is 11.4 Å². The van der Waals surface area contributed by atoms with E-state index >= 15 is 0 Å². The molecule has 2 aromatic rings. The second kappa shape index (κ2) is 6.57. The van der Waals surface area contributed by atoms with Crippen molar-refractivity contribution in [2.45, 2.75) is 26.9 Å². The minimum Gasteiger partial charge on any atom is -0.493 e. The second-order valence-corrected chi connectivity index (χ2v) is 4.86. The zero-order chi connectivity index (χ0) is 16.3. The number of hydrogen-bond acceptors (Lipinski definition) is 5. The fraction of sp³-hybridized carbons (Fsp3) is 0.286. The van der Waals surface area contributed by atoms with Crippen LogP contribution in [-0.4, -0.2) is 14.2 Å². The van der Waals surface area contributed by atoms with Crippen molar-refractivity contribution in [3.05, 3.63) is 50.1 Å². The largest absolute Gasteiger partial charge is 0.493 e. The van der Waals surface area contributed by atoms with Crippen molar-refractivity contribution in [2.75, 3.05) is 0 Å². The van der Waals surface area contributed by atoms with E-state index in [-0.39, 0.29) is 18.8 Å². The molecular formula is C14H15ClN4O3. The lowest BCUT2D eigenvalue weighted by atomic mass is 10.3.